The van der Waals surface area contributed by atoms with Crippen molar-refractivity contribution in [2.24, 2.45) is 0 Å². The van der Waals surface area contributed by atoms with Crippen LogP contribution in [0.3, 0.4) is 0 Å². The largest absolute Gasteiger partial charge is 0.354 e. The second kappa shape index (κ2) is 13.7. The Bertz CT molecular complexity index is 1440. The molecule has 0 bridgehead atoms. The Hall–Kier alpha value is -2.49. The molecule has 12 heteroatoms. The van der Waals surface area contributed by atoms with Gasteiger partial charge in [0.05, 0.1) is 25.7 Å². The van der Waals surface area contributed by atoms with Gasteiger partial charge >= 0.3 is 0 Å². The van der Waals surface area contributed by atoms with Gasteiger partial charge in [0, 0.05) is 18.1 Å². The molecule has 0 heterocycles. The van der Waals surface area contributed by atoms with E-state index in [2.05, 4.69) is 5.32 Å². The molecule has 0 aliphatic heterocycles. The van der Waals surface area contributed by atoms with Crippen molar-refractivity contribution in [1.82, 2.24) is 10.2 Å². The summed E-state index contributed by atoms with van der Waals surface area (Å²) in [7, 11) is -4.26. The van der Waals surface area contributed by atoms with Crippen LogP contribution in [-0.4, -0.2) is 44.3 Å². The van der Waals surface area contributed by atoms with E-state index < -0.39 is 28.5 Å². The Morgan fingerprint density at radius 2 is 1.56 bits per heavy atom. The molecule has 1 N–H and O–H groups in total. The number of amides is 2. The summed E-state index contributed by atoms with van der Waals surface area (Å²) in [6.45, 7) is 3.22. The van der Waals surface area contributed by atoms with E-state index in [0.717, 1.165) is 4.31 Å². The zero-order valence-corrected chi connectivity index (χ0v) is 25.0. The zero-order valence-electron chi connectivity index (χ0n) is 21.2. The van der Waals surface area contributed by atoms with Gasteiger partial charge in [-0.25, -0.2) is 8.42 Å². The predicted octanol–water partition coefficient (Wildman–Crippen LogP) is 6.44. The highest BCUT2D eigenvalue weighted by atomic mass is 35.5. The first-order valence-electron chi connectivity index (χ1n) is 12.0. The average Bonchev–Trinajstić information content (AvgIpc) is 2.92. The molecule has 3 aromatic carbocycles. The molecule has 39 heavy (non-hydrogen) atoms. The summed E-state index contributed by atoms with van der Waals surface area (Å²) in [6.07, 6.45) is 0.704. The van der Waals surface area contributed by atoms with Gasteiger partial charge in [0.25, 0.3) is 10.0 Å². The number of halogens is 4. The van der Waals surface area contributed by atoms with E-state index >= 15 is 0 Å². The molecule has 208 valence electrons. The van der Waals surface area contributed by atoms with Crippen molar-refractivity contribution in [2.75, 3.05) is 17.4 Å². The molecular formula is C27H27Cl4N3O4S. The van der Waals surface area contributed by atoms with Crippen molar-refractivity contribution < 1.29 is 18.0 Å². The van der Waals surface area contributed by atoms with Crippen molar-refractivity contribution in [2.45, 2.75) is 37.8 Å². The molecule has 0 aromatic heterocycles. The number of nitrogens with one attached hydrogen (secondary N) is 1. The van der Waals surface area contributed by atoms with Gasteiger partial charge in [-0.2, -0.15) is 0 Å². The number of nitrogens with zero attached hydrogens (tertiary/aromatic N) is 2. The number of hydrogen-bond donors (Lipinski definition) is 1. The van der Waals surface area contributed by atoms with E-state index in [1.807, 2.05) is 6.92 Å². The van der Waals surface area contributed by atoms with Gasteiger partial charge in [-0.05, 0) is 61.4 Å². The fraction of sp³-hybridized carbons (Fsp3) is 0.259. The zero-order chi connectivity index (χ0) is 28.7. The number of anilines is 1. The van der Waals surface area contributed by atoms with Crippen molar-refractivity contribution >= 4 is 73.9 Å². The number of hydrogen-bond acceptors (Lipinski definition) is 4. The maximum atomic E-state index is 13.9. The first-order chi connectivity index (χ1) is 18.4. The average molecular weight is 631 g/mol. The lowest BCUT2D eigenvalue weighted by Gasteiger charge is -2.32. The summed E-state index contributed by atoms with van der Waals surface area (Å²) in [4.78, 5) is 28.0. The summed E-state index contributed by atoms with van der Waals surface area (Å²) in [5, 5.41) is 3.71. The summed E-state index contributed by atoms with van der Waals surface area (Å²) >= 11 is 24.8. The first-order valence-corrected chi connectivity index (χ1v) is 14.9. The Balaban J connectivity index is 2.06. The van der Waals surface area contributed by atoms with Crippen molar-refractivity contribution in [3.05, 3.63) is 92.4 Å². The molecular weight excluding hydrogens is 604 g/mol. The van der Waals surface area contributed by atoms with Crippen LogP contribution < -0.4 is 9.62 Å². The van der Waals surface area contributed by atoms with Crippen LogP contribution in [0.1, 0.15) is 25.8 Å². The quantitative estimate of drug-likeness (QED) is 0.264. The third-order valence-electron chi connectivity index (χ3n) is 5.84. The summed E-state index contributed by atoms with van der Waals surface area (Å²) in [5.74, 6) is -1.03. The highest BCUT2D eigenvalue weighted by Gasteiger charge is 2.33. The molecule has 0 aliphatic carbocycles. The molecule has 1 atom stereocenters. The summed E-state index contributed by atoms with van der Waals surface area (Å²) in [5.41, 5.74) is 0.630. The van der Waals surface area contributed by atoms with E-state index in [4.69, 9.17) is 46.4 Å². The Morgan fingerprint density at radius 1 is 0.897 bits per heavy atom. The second-order valence-electron chi connectivity index (χ2n) is 8.66. The van der Waals surface area contributed by atoms with Crippen LogP contribution in [0.5, 0.6) is 0 Å². The van der Waals surface area contributed by atoms with Crippen LogP contribution in [0.25, 0.3) is 0 Å². The topological polar surface area (TPSA) is 86.8 Å². The number of carbonyl (C=O) groups is 2. The SMILES string of the molecule is CCCNC(=O)C(C)N(Cc1ccc(Cl)c(Cl)c1)C(=O)CN(c1cc(Cl)ccc1Cl)S(=O)(=O)c1ccccc1. The van der Waals surface area contributed by atoms with Gasteiger partial charge in [0.1, 0.15) is 12.6 Å². The fourth-order valence-corrected chi connectivity index (χ4v) is 5.93. The molecule has 0 aliphatic rings. The number of carbonyl (C=O) groups excluding carboxylic acids is 2. The monoisotopic (exact) mass is 629 g/mol. The smallest absolute Gasteiger partial charge is 0.264 e. The van der Waals surface area contributed by atoms with Gasteiger partial charge in [0.15, 0.2) is 0 Å². The van der Waals surface area contributed by atoms with Crippen LogP contribution in [0.2, 0.25) is 20.1 Å². The highest BCUT2D eigenvalue weighted by Crippen LogP contribution is 2.33. The minimum Gasteiger partial charge on any atom is -0.354 e. The van der Waals surface area contributed by atoms with Gasteiger partial charge in [-0.3, -0.25) is 13.9 Å². The second-order valence-corrected chi connectivity index (χ2v) is 12.2. The third-order valence-corrected chi connectivity index (χ3v) is 8.91. The number of sulfonamides is 1. The molecule has 0 radical (unpaired) electrons. The first kappa shape index (κ1) is 31.0. The lowest BCUT2D eigenvalue weighted by molar-refractivity contribution is -0.139. The maximum Gasteiger partial charge on any atom is 0.264 e. The van der Waals surface area contributed by atoms with E-state index in [-0.39, 0.29) is 38.1 Å². The molecule has 2 amide bonds. The molecule has 0 spiro atoms. The normalized spacial score (nSPS) is 12.1. The van der Waals surface area contributed by atoms with E-state index in [9.17, 15) is 18.0 Å². The number of rotatable bonds is 11. The van der Waals surface area contributed by atoms with Crippen molar-refractivity contribution in [1.29, 1.82) is 0 Å². The molecule has 0 saturated carbocycles. The number of benzene rings is 3. The Labute approximate surface area is 248 Å². The molecule has 3 rings (SSSR count). The molecule has 7 nitrogen and oxygen atoms in total. The van der Waals surface area contributed by atoms with Crippen LogP contribution in [0.4, 0.5) is 5.69 Å². The molecule has 1 unspecified atom stereocenters. The highest BCUT2D eigenvalue weighted by molar-refractivity contribution is 7.92. The van der Waals surface area contributed by atoms with Gasteiger partial charge in [-0.15, -0.1) is 0 Å². The third kappa shape index (κ3) is 7.80. The Morgan fingerprint density at radius 3 is 2.21 bits per heavy atom. The van der Waals surface area contributed by atoms with E-state index in [1.54, 1.807) is 43.3 Å². The molecule has 0 saturated heterocycles. The van der Waals surface area contributed by atoms with Crippen LogP contribution in [-0.2, 0) is 26.2 Å². The lowest BCUT2D eigenvalue weighted by atomic mass is 10.1. The molecule has 3 aromatic rings. The minimum atomic E-state index is -4.26. The van der Waals surface area contributed by atoms with Gasteiger partial charge in [0.2, 0.25) is 11.8 Å². The van der Waals surface area contributed by atoms with Crippen molar-refractivity contribution in [3.63, 3.8) is 0 Å². The van der Waals surface area contributed by atoms with E-state index in [0.29, 0.717) is 23.6 Å². The van der Waals surface area contributed by atoms with Crippen LogP contribution >= 0.6 is 46.4 Å². The minimum absolute atomic E-state index is 0.0268. The van der Waals surface area contributed by atoms with Gasteiger partial charge in [-0.1, -0.05) is 77.6 Å². The van der Waals surface area contributed by atoms with Crippen LogP contribution in [0.15, 0.2) is 71.6 Å². The molecule has 0 fully saturated rings. The fourth-order valence-electron chi connectivity index (χ4n) is 3.72. The summed E-state index contributed by atoms with van der Waals surface area (Å²) in [6, 6.07) is 15.9. The predicted molar refractivity (Wildman–Crippen MR) is 157 cm³/mol. The maximum absolute atomic E-state index is 13.9. The summed E-state index contributed by atoms with van der Waals surface area (Å²) < 4.78 is 28.5. The van der Waals surface area contributed by atoms with Crippen LogP contribution in [0, 0.1) is 0 Å². The van der Waals surface area contributed by atoms with E-state index in [1.165, 1.54) is 35.2 Å². The van der Waals surface area contributed by atoms with Crippen molar-refractivity contribution in [3.8, 4) is 0 Å². The van der Waals surface area contributed by atoms with Gasteiger partial charge < -0.3 is 10.2 Å². The lowest BCUT2D eigenvalue weighted by Crippen LogP contribution is -2.51. The Kier molecular flexibility index (Phi) is 10.9. The standard InChI is InChI=1S/C27H27Cl4N3O4S/c1-3-13-32-27(36)18(2)33(16-19-9-11-22(29)24(31)14-19)26(35)17-34(25-15-20(28)10-12-23(25)30)39(37,38)21-7-5-4-6-8-21/h4-12,14-15,18H,3,13,16-17H2,1-2H3,(H,32,36).